The summed E-state index contributed by atoms with van der Waals surface area (Å²) >= 11 is 8.24. The van der Waals surface area contributed by atoms with E-state index in [2.05, 4.69) is 221 Å². The summed E-state index contributed by atoms with van der Waals surface area (Å²) < 4.78 is 0. The highest BCUT2D eigenvalue weighted by Crippen LogP contribution is 2.39. The molecule has 0 aromatic heterocycles. The zero-order valence-corrected chi connectivity index (χ0v) is 49.7. The fourth-order valence-corrected chi connectivity index (χ4v) is 14.3. The maximum atomic E-state index is 3.92. The molecule has 396 valence electrons. The monoisotopic (exact) mass is 1050 g/mol. The molecule has 0 aliphatic carbocycles. The summed E-state index contributed by atoms with van der Waals surface area (Å²) in [6.07, 6.45) is 0. The molecule has 3 aliphatic rings. The second-order valence-electron chi connectivity index (χ2n) is 24.3. The minimum absolute atomic E-state index is 0.0555. The van der Waals surface area contributed by atoms with Crippen LogP contribution >= 0.6 is 47.0 Å². The van der Waals surface area contributed by atoms with Crippen molar-refractivity contribution in [2.24, 2.45) is 0 Å². The molecular weight excluding hydrogens is 961 g/mol. The summed E-state index contributed by atoms with van der Waals surface area (Å²) in [5, 5.41) is 31.1. The van der Waals surface area contributed by atoms with Crippen molar-refractivity contribution in [2.45, 2.75) is 177 Å². The number of rotatable bonds is 0. The first-order valence-corrected chi connectivity index (χ1v) is 31.0. The minimum atomic E-state index is 0.0555. The van der Waals surface area contributed by atoms with E-state index in [0.29, 0.717) is 0 Å². The van der Waals surface area contributed by atoms with E-state index in [4.69, 9.17) is 0 Å². The molecule has 8 N–H and O–H groups in total. The number of nitrogens with one attached hydrogen (secondary N) is 8. The lowest BCUT2D eigenvalue weighted by Gasteiger charge is -2.26. The van der Waals surface area contributed by atoms with Crippen LogP contribution in [0.4, 0.5) is 0 Å². The third-order valence-electron chi connectivity index (χ3n) is 14.0. The van der Waals surface area contributed by atoms with Crippen molar-refractivity contribution < 1.29 is 0 Å². The van der Waals surface area contributed by atoms with Crippen molar-refractivity contribution >= 4 is 47.0 Å². The van der Waals surface area contributed by atoms with E-state index in [-0.39, 0.29) is 21.7 Å². The van der Waals surface area contributed by atoms with E-state index >= 15 is 0 Å². The summed E-state index contributed by atoms with van der Waals surface area (Å²) in [5.41, 5.74) is 17.3. The Labute approximate surface area is 454 Å². The molecule has 7 rings (SSSR count). The Balaban J connectivity index is 1.23. The van der Waals surface area contributed by atoms with Crippen LogP contribution in [0.5, 0.6) is 0 Å². The van der Waals surface area contributed by atoms with Gasteiger partial charge in [0, 0.05) is 147 Å². The second-order valence-corrected chi connectivity index (χ2v) is 28.7. The standard InChI is InChI=1S/C60H92N8S4/c1-57(2,3)49-25-41-33-61-13-14-62-34-42-26-50(58(4,5)6)31-47-39-67-19-20-68-40-48-32-52(60(10,11)12)28-44-36-64-16-15-63-35-43-27-51(59(7,8)9)30-46(55(43)71-23-24-72-56(44)48)38-66-18-17-65-37-45(29-49)53(41)69-21-22-70-54(42)47/h25-32,61-68H,13-24,33-40H2,1-12H3. The predicted molar refractivity (Wildman–Crippen MR) is 317 cm³/mol. The molecule has 0 amide bonds. The van der Waals surface area contributed by atoms with E-state index in [0.717, 1.165) is 128 Å². The van der Waals surface area contributed by atoms with E-state index < -0.39 is 0 Å². The van der Waals surface area contributed by atoms with Gasteiger partial charge in [0.15, 0.2) is 0 Å². The van der Waals surface area contributed by atoms with Gasteiger partial charge < -0.3 is 42.5 Å². The minimum Gasteiger partial charge on any atom is -0.311 e. The van der Waals surface area contributed by atoms with Gasteiger partial charge in [0.25, 0.3) is 0 Å². The van der Waals surface area contributed by atoms with Crippen LogP contribution in [-0.2, 0) is 74.0 Å². The maximum Gasteiger partial charge on any atom is 0.0217 e. The molecule has 4 bridgehead atoms. The van der Waals surface area contributed by atoms with Gasteiger partial charge in [-0.05, 0) is 88.4 Å². The van der Waals surface area contributed by atoms with Crippen molar-refractivity contribution in [3.8, 4) is 0 Å². The molecule has 4 aromatic rings. The fourth-order valence-electron chi connectivity index (χ4n) is 9.61. The first-order valence-electron chi connectivity index (χ1n) is 27.1. The largest absolute Gasteiger partial charge is 0.311 e. The Kier molecular flexibility index (Phi) is 21.1. The average Bonchev–Trinajstić information content (AvgIpc) is 3.30. The van der Waals surface area contributed by atoms with Crippen molar-refractivity contribution in [1.29, 1.82) is 0 Å². The predicted octanol–water partition coefficient (Wildman–Crippen LogP) is 11.1. The van der Waals surface area contributed by atoms with Crippen LogP contribution in [0, 0.1) is 0 Å². The Bertz CT molecular complexity index is 2070. The number of hydrogen-bond donors (Lipinski definition) is 8. The molecular formula is C60H92N8S4. The highest BCUT2D eigenvalue weighted by atomic mass is 32.2. The highest BCUT2D eigenvalue weighted by Gasteiger charge is 2.25. The topological polar surface area (TPSA) is 96.2 Å². The zero-order chi connectivity index (χ0) is 51.5. The average molecular weight is 1050 g/mol. The van der Waals surface area contributed by atoms with E-state index in [1.807, 2.05) is 0 Å². The summed E-state index contributed by atoms with van der Waals surface area (Å²) in [7, 11) is 0. The van der Waals surface area contributed by atoms with Gasteiger partial charge in [0.05, 0.1) is 0 Å². The molecule has 0 saturated carbocycles. The Morgan fingerprint density at radius 3 is 0.514 bits per heavy atom. The lowest BCUT2D eigenvalue weighted by molar-refractivity contribution is 0.567. The number of fused-ring (bicyclic) bond motifs is 6. The lowest BCUT2D eigenvalue weighted by Crippen LogP contribution is -2.30. The van der Waals surface area contributed by atoms with Crippen molar-refractivity contribution in [1.82, 2.24) is 42.5 Å². The smallest absolute Gasteiger partial charge is 0.0217 e. The van der Waals surface area contributed by atoms with Gasteiger partial charge in [-0.25, -0.2) is 0 Å². The Hall–Kier alpha value is -2.04. The van der Waals surface area contributed by atoms with Gasteiger partial charge in [-0.15, -0.1) is 47.0 Å². The van der Waals surface area contributed by atoms with Crippen molar-refractivity contribution in [3.63, 3.8) is 0 Å². The molecule has 8 nitrogen and oxygen atoms in total. The number of benzene rings is 4. The van der Waals surface area contributed by atoms with Crippen LogP contribution in [0.1, 0.15) is 150 Å². The maximum absolute atomic E-state index is 3.92. The van der Waals surface area contributed by atoms with E-state index in [1.165, 1.54) is 86.3 Å². The van der Waals surface area contributed by atoms with Crippen LogP contribution in [0.25, 0.3) is 0 Å². The lowest BCUT2D eigenvalue weighted by atomic mass is 9.85. The highest BCUT2D eigenvalue weighted by molar-refractivity contribution is 8.03. The Morgan fingerprint density at radius 2 is 0.389 bits per heavy atom. The second kappa shape index (κ2) is 26.3. The molecule has 0 saturated heterocycles. The SMILES string of the molecule is CC(C)(C)c1cc2c3c(c1)CNCCNCc1cc(C(C)(C)C)cc4c1SCCSc1c(cc(C(C)(C)C)cc1CNCCNCc1cc(C(C)(C)C)cc(c1SCCS3)CNCCNC2)CNCCNC4. The van der Waals surface area contributed by atoms with Gasteiger partial charge in [-0.3, -0.25) is 0 Å². The summed E-state index contributed by atoms with van der Waals surface area (Å²) in [6, 6.07) is 20.0. The van der Waals surface area contributed by atoms with Gasteiger partial charge >= 0.3 is 0 Å². The molecule has 0 atom stereocenters. The molecule has 0 spiro atoms. The Morgan fingerprint density at radius 1 is 0.250 bits per heavy atom. The molecule has 12 heteroatoms. The summed E-state index contributed by atoms with van der Waals surface area (Å²) in [5.74, 6) is 4.19. The van der Waals surface area contributed by atoms with Crippen LogP contribution < -0.4 is 42.5 Å². The van der Waals surface area contributed by atoms with E-state index in [1.54, 1.807) is 0 Å². The van der Waals surface area contributed by atoms with Gasteiger partial charge in [-0.2, -0.15) is 0 Å². The van der Waals surface area contributed by atoms with Gasteiger partial charge in [0.2, 0.25) is 0 Å². The third kappa shape index (κ3) is 16.5. The molecule has 0 unspecified atom stereocenters. The van der Waals surface area contributed by atoms with Crippen LogP contribution in [0.2, 0.25) is 0 Å². The summed E-state index contributed by atoms with van der Waals surface area (Å²) in [4.78, 5) is 5.79. The normalized spacial score (nSPS) is 18.7. The van der Waals surface area contributed by atoms with Crippen LogP contribution in [-0.4, -0.2) is 75.4 Å². The number of thioether (sulfide) groups is 4. The van der Waals surface area contributed by atoms with Crippen LogP contribution in [0.15, 0.2) is 68.1 Å². The molecule has 72 heavy (non-hydrogen) atoms. The van der Waals surface area contributed by atoms with Gasteiger partial charge in [-0.1, -0.05) is 132 Å². The van der Waals surface area contributed by atoms with E-state index in [9.17, 15) is 0 Å². The molecule has 3 aliphatic heterocycles. The molecule has 3 heterocycles. The third-order valence-corrected chi connectivity index (χ3v) is 19.4. The first-order chi connectivity index (χ1) is 34.3. The summed E-state index contributed by atoms with van der Waals surface area (Å²) in [6.45, 7) is 42.4. The fraction of sp³-hybridized carbons (Fsp3) is 0.600. The zero-order valence-electron chi connectivity index (χ0n) is 46.4. The first kappa shape index (κ1) is 57.7. The molecule has 0 fully saturated rings. The quantitative estimate of drug-likeness (QED) is 0.0862. The van der Waals surface area contributed by atoms with Crippen molar-refractivity contribution in [2.75, 3.05) is 75.4 Å². The number of hydrogen-bond acceptors (Lipinski definition) is 12. The molecule has 0 radical (unpaired) electrons. The van der Waals surface area contributed by atoms with Crippen molar-refractivity contribution in [3.05, 3.63) is 115 Å². The van der Waals surface area contributed by atoms with Gasteiger partial charge in [0.1, 0.15) is 0 Å². The van der Waals surface area contributed by atoms with Crippen LogP contribution in [0.3, 0.4) is 0 Å². The molecule has 4 aromatic carbocycles.